The molecular formula is C28H31N2O7S+. The number of hydrogen-bond acceptors (Lipinski definition) is 8. The van der Waals surface area contributed by atoms with Crippen LogP contribution in [0, 0.1) is 0 Å². The summed E-state index contributed by atoms with van der Waals surface area (Å²) < 4.78 is 19.0. The summed E-state index contributed by atoms with van der Waals surface area (Å²) in [5.41, 5.74) is 4.82. The molecule has 2 aromatic carbocycles. The number of carboxylic acid groups (broad SMARTS) is 1. The van der Waals surface area contributed by atoms with Gasteiger partial charge in [0.1, 0.15) is 29.7 Å². The molecule has 2 aliphatic heterocycles. The summed E-state index contributed by atoms with van der Waals surface area (Å²) in [4.78, 5) is 13.0. The van der Waals surface area contributed by atoms with Crippen LogP contribution in [0.4, 0.5) is 0 Å². The Morgan fingerprint density at radius 1 is 1.29 bits per heavy atom. The second-order valence-electron chi connectivity index (χ2n) is 11.2. The summed E-state index contributed by atoms with van der Waals surface area (Å²) in [6, 6.07) is 4.77. The molecule has 1 fully saturated rings. The van der Waals surface area contributed by atoms with Gasteiger partial charge in [-0.15, -0.1) is 11.8 Å². The Kier molecular flexibility index (Phi) is 4.82. The summed E-state index contributed by atoms with van der Waals surface area (Å²) >= 11 is 1.13. The van der Waals surface area contributed by atoms with Gasteiger partial charge in [0, 0.05) is 36.6 Å². The normalized spacial score (nSPS) is 35.3. The van der Waals surface area contributed by atoms with Gasteiger partial charge in [-0.25, -0.2) is 0 Å². The molecule has 8 rings (SSSR count). The molecule has 7 atom stereocenters. The minimum absolute atomic E-state index is 0.0261. The van der Waals surface area contributed by atoms with E-state index >= 15 is 0 Å². The highest BCUT2D eigenvalue weighted by Crippen LogP contribution is 2.75. The van der Waals surface area contributed by atoms with Gasteiger partial charge in [-0.2, -0.15) is 0 Å². The smallest absolute Gasteiger partial charge is 0.166 e. The number of phenolic OH excluding ortho intramolecular Hbond substituents is 2. The van der Waals surface area contributed by atoms with Crippen molar-refractivity contribution in [1.82, 2.24) is 0 Å². The number of thioether (sulfide) groups is 1. The first-order valence-electron chi connectivity index (χ1n) is 12.9. The highest BCUT2D eigenvalue weighted by Gasteiger charge is 2.81. The van der Waals surface area contributed by atoms with Crippen molar-refractivity contribution in [3.05, 3.63) is 52.6 Å². The quantitative estimate of drug-likeness (QED) is 0.203. The number of nitrogens with one attached hydrogen (secondary N) is 1. The van der Waals surface area contributed by atoms with Gasteiger partial charge in [-0.3, -0.25) is 0 Å². The zero-order valence-corrected chi connectivity index (χ0v) is 22.3. The third-order valence-electron chi connectivity index (χ3n) is 9.92. The number of aliphatic carboxylic acids is 1. The number of quaternary nitrogens is 2. The maximum absolute atomic E-state index is 11.8. The molecule has 4 bridgehead atoms. The second-order valence-corrected chi connectivity index (χ2v) is 12.3. The van der Waals surface area contributed by atoms with Crippen molar-refractivity contribution in [2.75, 3.05) is 33.6 Å². The molecule has 0 aromatic heterocycles. The predicted molar refractivity (Wildman–Crippen MR) is 135 cm³/mol. The Balaban J connectivity index is 1.54. The molecule has 2 spiro atoms. The third-order valence-corrected chi connectivity index (χ3v) is 11.1. The van der Waals surface area contributed by atoms with Crippen LogP contribution in [0.2, 0.25) is 0 Å². The lowest BCUT2D eigenvalue weighted by molar-refractivity contribution is -0.919. The monoisotopic (exact) mass is 539 g/mol. The number of piperidine rings is 1. The zero-order valence-electron chi connectivity index (χ0n) is 21.5. The number of carboxylic acids is 1. The van der Waals surface area contributed by atoms with Crippen molar-refractivity contribution in [3.8, 4) is 23.0 Å². The number of likely N-dealkylation sites (tertiary alicyclic amines) is 1. The average molecular weight is 540 g/mol. The van der Waals surface area contributed by atoms with Crippen LogP contribution in [-0.4, -0.2) is 67.9 Å². The highest BCUT2D eigenvalue weighted by atomic mass is 32.2. The average Bonchev–Trinajstić information content (AvgIpc) is 3.28. The molecule has 4 aliphatic carbocycles. The summed E-state index contributed by atoms with van der Waals surface area (Å²) in [7, 11) is 5.44. The fourth-order valence-electron chi connectivity index (χ4n) is 8.44. The fraction of sp³-hybridized carbons (Fsp3) is 0.464. The molecule has 6 N–H and O–H groups in total. The van der Waals surface area contributed by atoms with Crippen LogP contribution < -0.4 is 25.2 Å². The Bertz CT molecular complexity index is 1450. The number of rotatable bonds is 6. The first-order valence-corrected chi connectivity index (χ1v) is 13.9. The Morgan fingerprint density at radius 2 is 2.08 bits per heavy atom. The van der Waals surface area contributed by atoms with E-state index in [-0.39, 0.29) is 23.3 Å². The molecule has 2 aromatic rings. The number of benzene rings is 2. The lowest BCUT2D eigenvalue weighted by Gasteiger charge is -2.67. The molecule has 6 aliphatic rings. The van der Waals surface area contributed by atoms with Crippen LogP contribution in [0.5, 0.6) is 23.0 Å². The van der Waals surface area contributed by atoms with Crippen molar-refractivity contribution >= 4 is 17.7 Å². The molecule has 200 valence electrons. The highest BCUT2D eigenvalue weighted by molar-refractivity contribution is 7.99. The van der Waals surface area contributed by atoms with Crippen molar-refractivity contribution in [2.45, 2.75) is 52.4 Å². The van der Waals surface area contributed by atoms with Crippen molar-refractivity contribution in [3.63, 3.8) is 0 Å². The summed E-state index contributed by atoms with van der Waals surface area (Å²) in [6.07, 6.45) is 5.32. The number of phenols is 2. The van der Waals surface area contributed by atoms with E-state index in [1.54, 1.807) is 20.3 Å². The van der Waals surface area contributed by atoms with E-state index < -0.39 is 34.5 Å². The summed E-state index contributed by atoms with van der Waals surface area (Å²) in [5.74, 6) is 0.242. The lowest BCUT2D eigenvalue weighted by Crippen LogP contribution is -3.18. The van der Waals surface area contributed by atoms with Gasteiger partial charge in [0.2, 0.25) is 0 Å². The Hall–Kier alpha value is -2.92. The van der Waals surface area contributed by atoms with Crippen molar-refractivity contribution in [1.29, 1.82) is 0 Å². The van der Waals surface area contributed by atoms with E-state index in [0.29, 0.717) is 21.8 Å². The Morgan fingerprint density at radius 3 is 2.79 bits per heavy atom. The number of methoxy groups -OCH3 is 2. The van der Waals surface area contributed by atoms with Gasteiger partial charge in [0.05, 0.1) is 48.1 Å². The minimum Gasteiger partial charge on any atom is -0.544 e. The number of carbonyl (C=O) groups is 1. The molecule has 2 unspecified atom stereocenters. The van der Waals surface area contributed by atoms with Gasteiger partial charge < -0.3 is 45.0 Å². The van der Waals surface area contributed by atoms with Crippen molar-refractivity contribution in [2.24, 2.45) is 0 Å². The molecule has 1 saturated heterocycles. The largest absolute Gasteiger partial charge is 0.544 e. The molecule has 0 radical (unpaired) electrons. The Labute approximate surface area is 224 Å². The molecule has 2 heterocycles. The number of likely N-dealkylation sites (N-methyl/N-ethyl adjacent to an activating group) is 1. The first-order chi connectivity index (χ1) is 18.2. The molecular weight excluding hydrogens is 508 g/mol. The van der Waals surface area contributed by atoms with E-state index in [1.165, 1.54) is 10.5 Å². The number of ether oxygens (including phenoxy) is 3. The predicted octanol–water partition coefficient (Wildman–Crippen LogP) is -1.24. The number of aromatic hydroxyl groups is 2. The van der Waals surface area contributed by atoms with E-state index in [0.717, 1.165) is 42.5 Å². The lowest BCUT2D eigenvalue weighted by atomic mass is 9.37. The van der Waals surface area contributed by atoms with Crippen LogP contribution in [-0.2, 0) is 32.4 Å². The van der Waals surface area contributed by atoms with Gasteiger partial charge in [-0.1, -0.05) is 12.1 Å². The summed E-state index contributed by atoms with van der Waals surface area (Å²) in [5, 5.41) is 34.8. The molecule has 0 amide bonds. The van der Waals surface area contributed by atoms with Gasteiger partial charge in [0.25, 0.3) is 0 Å². The summed E-state index contributed by atoms with van der Waals surface area (Å²) in [6.45, 7) is 0.931. The molecule has 38 heavy (non-hydrogen) atoms. The first kappa shape index (κ1) is 24.1. The molecule has 0 saturated carbocycles. The minimum atomic E-state index is -1.27. The van der Waals surface area contributed by atoms with Crippen molar-refractivity contribution < 1.29 is 45.0 Å². The number of carbonyl (C=O) groups excluding carboxylic acids is 1. The number of hydrogen-bond donors (Lipinski definition) is 4. The maximum atomic E-state index is 11.8. The van der Waals surface area contributed by atoms with Gasteiger partial charge in [-0.05, 0) is 23.8 Å². The zero-order chi connectivity index (χ0) is 26.8. The van der Waals surface area contributed by atoms with Gasteiger partial charge >= 0.3 is 0 Å². The van der Waals surface area contributed by atoms with E-state index in [4.69, 9.17) is 14.2 Å². The standard InChI is InChI=1S/C28H30N2O7S/c1-30-9-8-27-19-13-4-5-16(35-2)23(19)37-25(27)28(36-3)7-6-26(27,18(30)10-13)20-15(31)11-17(22(32)21(20)28)38-12-14(29)24(33)34/h4-7,11,14,18,25,31-32H,8-10,12,29H2,1-3H3,(H,33,34)/p+1/t14-,18+,25-,26+,27+,28?/m1/s1. The molecule has 9 nitrogen and oxygen atoms in total. The van der Waals surface area contributed by atoms with Crippen LogP contribution in [0.15, 0.2) is 35.2 Å². The van der Waals surface area contributed by atoms with Crippen LogP contribution >= 0.6 is 11.8 Å². The van der Waals surface area contributed by atoms with Crippen LogP contribution in [0.1, 0.15) is 28.7 Å². The van der Waals surface area contributed by atoms with E-state index in [9.17, 15) is 20.1 Å². The second kappa shape index (κ2) is 7.59. The van der Waals surface area contributed by atoms with Crippen LogP contribution in [0.25, 0.3) is 0 Å². The van der Waals surface area contributed by atoms with Gasteiger partial charge in [0.15, 0.2) is 17.1 Å². The fourth-order valence-corrected chi connectivity index (χ4v) is 9.39. The van der Waals surface area contributed by atoms with Crippen LogP contribution in [0.3, 0.4) is 0 Å². The SMILES string of the molecule is COc1ccc2c3c1O[C@H]1C4(OC)C=C[C@@]5(c6c(O)cc(SC[C@@H]([NH3+])C(=O)[O-])c(O)c64)[C@H](C2)[NH+](C)CC[C@]315. The van der Waals surface area contributed by atoms with E-state index in [2.05, 4.69) is 24.9 Å². The molecule has 10 heteroatoms. The third kappa shape index (κ3) is 2.44. The maximum Gasteiger partial charge on any atom is 0.166 e. The van der Waals surface area contributed by atoms with E-state index in [1.807, 2.05) is 12.1 Å². The topological polar surface area (TPSA) is 140 Å².